The van der Waals surface area contributed by atoms with Gasteiger partial charge in [0.15, 0.2) is 5.88 Å². The zero-order valence-corrected chi connectivity index (χ0v) is 19.9. The Morgan fingerprint density at radius 2 is 1.82 bits per heavy atom. The van der Waals surface area contributed by atoms with Crippen molar-refractivity contribution in [1.29, 1.82) is 0 Å². The molecule has 1 amide bonds. The molecule has 7 heteroatoms. The summed E-state index contributed by atoms with van der Waals surface area (Å²) >= 11 is 6.15. The number of aromatic hydroxyl groups is 1. The van der Waals surface area contributed by atoms with E-state index in [0.717, 1.165) is 35.1 Å². The van der Waals surface area contributed by atoms with E-state index in [0.29, 0.717) is 28.5 Å². The lowest BCUT2D eigenvalue weighted by atomic mass is 10.0. The van der Waals surface area contributed by atoms with Gasteiger partial charge < -0.3 is 20.3 Å². The number of anilines is 1. The number of nitrogens with one attached hydrogen (secondary N) is 2. The van der Waals surface area contributed by atoms with Gasteiger partial charge >= 0.3 is 0 Å². The molecule has 0 fully saturated rings. The van der Waals surface area contributed by atoms with Crippen LogP contribution < -0.4 is 10.2 Å². The van der Waals surface area contributed by atoms with Gasteiger partial charge in [-0.05, 0) is 56.4 Å². The summed E-state index contributed by atoms with van der Waals surface area (Å²) in [5.41, 5.74) is 4.39. The lowest BCUT2D eigenvalue weighted by Gasteiger charge is -2.21. The van der Waals surface area contributed by atoms with Crippen molar-refractivity contribution in [2.24, 2.45) is 4.99 Å². The first-order valence-electron chi connectivity index (χ1n) is 11.2. The normalized spacial score (nSPS) is 11.7. The second-order valence-corrected chi connectivity index (χ2v) is 8.45. The number of rotatable bonds is 8. The Bertz CT molecular complexity index is 1310. The fourth-order valence-electron chi connectivity index (χ4n) is 3.97. The van der Waals surface area contributed by atoms with Gasteiger partial charge in [-0.3, -0.25) is 4.79 Å². The number of aromatic nitrogens is 1. The average Bonchev–Trinajstić information content (AvgIpc) is 3.15. The number of fused-ring (bicyclic) bond motifs is 1. The Labute approximate surface area is 203 Å². The minimum Gasteiger partial charge on any atom is -0.494 e. The highest BCUT2D eigenvalue weighted by atomic mass is 35.5. The summed E-state index contributed by atoms with van der Waals surface area (Å²) < 4.78 is 0. The van der Waals surface area contributed by atoms with E-state index in [1.54, 1.807) is 24.0 Å². The number of carbonyl (C=O) groups excluding carboxylic acids is 1. The smallest absolute Gasteiger partial charge is 0.223 e. The molecule has 0 atom stereocenters. The summed E-state index contributed by atoms with van der Waals surface area (Å²) in [6, 6.07) is 22.7. The summed E-state index contributed by atoms with van der Waals surface area (Å²) in [6.07, 6.45) is 0.859. The molecular formula is C27H27ClN4O2. The molecule has 174 valence electrons. The number of halogens is 1. The molecule has 0 spiro atoms. The van der Waals surface area contributed by atoms with E-state index in [9.17, 15) is 9.90 Å². The molecule has 1 heterocycles. The Kier molecular flexibility index (Phi) is 7.30. The highest BCUT2D eigenvalue weighted by Crippen LogP contribution is 2.33. The van der Waals surface area contributed by atoms with Crippen molar-refractivity contribution in [1.82, 2.24) is 10.3 Å². The van der Waals surface area contributed by atoms with Crippen LogP contribution in [-0.4, -0.2) is 41.8 Å². The van der Waals surface area contributed by atoms with E-state index >= 15 is 0 Å². The van der Waals surface area contributed by atoms with Crippen molar-refractivity contribution < 1.29 is 9.90 Å². The molecule has 0 aliphatic rings. The number of aromatic amines is 1. The number of nitrogens with zero attached hydrogens (tertiary/aromatic N) is 2. The fourth-order valence-corrected chi connectivity index (χ4v) is 4.15. The topological polar surface area (TPSA) is 80.7 Å². The molecule has 0 radical (unpaired) electrons. The standard InChI is InChI=1S/C27H27ClN4O2/c1-18(33)32(16-6-15-29-2)22-12-10-21(11-13-22)30-26(19-7-4-3-5-8-19)25-23-14-9-20(28)17-24(23)31-27(25)34/h3-5,7-14,17,29,31,34H,6,15-16H2,1-2H3. The van der Waals surface area contributed by atoms with Crippen LogP contribution in [0.25, 0.3) is 10.9 Å². The quantitative estimate of drug-likeness (QED) is 0.228. The van der Waals surface area contributed by atoms with Gasteiger partial charge in [-0.25, -0.2) is 4.99 Å². The van der Waals surface area contributed by atoms with Gasteiger partial charge in [-0.15, -0.1) is 0 Å². The van der Waals surface area contributed by atoms with Crippen molar-refractivity contribution in [3.8, 4) is 5.88 Å². The van der Waals surface area contributed by atoms with Crippen LogP contribution in [0.1, 0.15) is 24.5 Å². The van der Waals surface area contributed by atoms with Crippen LogP contribution in [0.4, 0.5) is 11.4 Å². The predicted octanol–water partition coefficient (Wildman–Crippen LogP) is 5.66. The second kappa shape index (κ2) is 10.5. The van der Waals surface area contributed by atoms with Gasteiger partial charge in [0, 0.05) is 35.1 Å². The zero-order chi connectivity index (χ0) is 24.1. The lowest BCUT2D eigenvalue weighted by Crippen LogP contribution is -2.31. The third kappa shape index (κ3) is 5.14. The van der Waals surface area contributed by atoms with Crippen LogP contribution in [0.5, 0.6) is 5.88 Å². The number of H-pyrrole nitrogens is 1. The second-order valence-electron chi connectivity index (χ2n) is 8.01. The van der Waals surface area contributed by atoms with E-state index in [1.807, 2.05) is 67.7 Å². The molecule has 6 nitrogen and oxygen atoms in total. The third-order valence-electron chi connectivity index (χ3n) is 5.62. The zero-order valence-electron chi connectivity index (χ0n) is 19.2. The van der Waals surface area contributed by atoms with Gasteiger partial charge in [0.2, 0.25) is 5.91 Å². The van der Waals surface area contributed by atoms with Crippen LogP contribution in [0.15, 0.2) is 77.8 Å². The molecule has 4 rings (SSSR count). The molecule has 3 N–H and O–H groups in total. The summed E-state index contributed by atoms with van der Waals surface area (Å²) in [5.74, 6) is 0.0310. The van der Waals surface area contributed by atoms with Crippen LogP contribution in [-0.2, 0) is 4.79 Å². The molecule has 0 saturated carbocycles. The first kappa shape index (κ1) is 23.5. The SMILES string of the molecule is CNCCCN(C(C)=O)c1ccc(N=C(c2ccccc2)c2c(O)[nH]c3cc(Cl)ccc23)cc1. The van der Waals surface area contributed by atoms with Crippen molar-refractivity contribution >= 4 is 45.5 Å². The molecule has 34 heavy (non-hydrogen) atoms. The van der Waals surface area contributed by atoms with Gasteiger partial charge in [0.25, 0.3) is 0 Å². The maximum atomic E-state index is 12.2. The van der Waals surface area contributed by atoms with E-state index in [-0.39, 0.29) is 11.8 Å². The average molecular weight is 475 g/mol. The maximum absolute atomic E-state index is 12.2. The van der Waals surface area contributed by atoms with E-state index in [1.165, 1.54) is 0 Å². The number of aliphatic imine (C=N–C) groups is 1. The van der Waals surface area contributed by atoms with Crippen molar-refractivity contribution in [2.45, 2.75) is 13.3 Å². The van der Waals surface area contributed by atoms with Crippen molar-refractivity contribution in [3.63, 3.8) is 0 Å². The van der Waals surface area contributed by atoms with Crippen LogP contribution >= 0.6 is 11.6 Å². The highest BCUT2D eigenvalue weighted by Gasteiger charge is 2.19. The van der Waals surface area contributed by atoms with E-state index < -0.39 is 0 Å². The Hall–Kier alpha value is -3.61. The molecule has 0 aliphatic heterocycles. The van der Waals surface area contributed by atoms with Crippen molar-refractivity contribution in [2.75, 3.05) is 25.0 Å². The number of amides is 1. The Balaban J connectivity index is 1.76. The molecule has 0 aliphatic carbocycles. The van der Waals surface area contributed by atoms with Crippen LogP contribution in [0.2, 0.25) is 5.02 Å². The third-order valence-corrected chi connectivity index (χ3v) is 5.85. The van der Waals surface area contributed by atoms with Gasteiger partial charge in [0.05, 0.1) is 22.5 Å². The molecular weight excluding hydrogens is 448 g/mol. The van der Waals surface area contributed by atoms with E-state index in [2.05, 4.69) is 10.3 Å². The van der Waals surface area contributed by atoms with Crippen molar-refractivity contribution in [3.05, 3.63) is 88.9 Å². The number of hydrogen-bond acceptors (Lipinski definition) is 4. The summed E-state index contributed by atoms with van der Waals surface area (Å²) in [6.45, 7) is 3.05. The lowest BCUT2D eigenvalue weighted by molar-refractivity contribution is -0.116. The van der Waals surface area contributed by atoms with Gasteiger partial charge in [0.1, 0.15) is 0 Å². The van der Waals surface area contributed by atoms with Crippen LogP contribution in [0, 0.1) is 0 Å². The first-order valence-corrected chi connectivity index (χ1v) is 11.5. The largest absolute Gasteiger partial charge is 0.494 e. The Morgan fingerprint density at radius 1 is 1.09 bits per heavy atom. The molecule has 0 saturated heterocycles. The fraction of sp³-hybridized carbons (Fsp3) is 0.185. The number of benzene rings is 3. The molecule has 0 unspecified atom stereocenters. The summed E-state index contributed by atoms with van der Waals surface area (Å²) in [7, 11) is 1.90. The molecule has 1 aromatic heterocycles. The van der Waals surface area contributed by atoms with Crippen LogP contribution in [0.3, 0.4) is 0 Å². The summed E-state index contributed by atoms with van der Waals surface area (Å²) in [5, 5.41) is 15.3. The molecule has 0 bridgehead atoms. The molecule has 4 aromatic rings. The van der Waals surface area contributed by atoms with Gasteiger partial charge in [-0.1, -0.05) is 48.0 Å². The highest BCUT2D eigenvalue weighted by molar-refractivity contribution is 6.31. The number of hydrogen-bond donors (Lipinski definition) is 3. The minimum atomic E-state index is -0.000274. The number of carbonyl (C=O) groups is 1. The minimum absolute atomic E-state index is 0.000274. The predicted molar refractivity (Wildman–Crippen MR) is 140 cm³/mol. The van der Waals surface area contributed by atoms with Gasteiger partial charge in [-0.2, -0.15) is 0 Å². The maximum Gasteiger partial charge on any atom is 0.223 e. The first-order chi connectivity index (χ1) is 16.5. The Morgan fingerprint density at radius 3 is 2.50 bits per heavy atom. The van der Waals surface area contributed by atoms with E-state index in [4.69, 9.17) is 16.6 Å². The summed E-state index contributed by atoms with van der Waals surface area (Å²) in [4.78, 5) is 21.8. The molecule has 3 aromatic carbocycles. The monoisotopic (exact) mass is 474 g/mol.